The number of rotatable bonds is 4. The lowest BCUT2D eigenvalue weighted by Gasteiger charge is -2.06. The summed E-state index contributed by atoms with van der Waals surface area (Å²) in [6.45, 7) is 0.160. The van der Waals surface area contributed by atoms with E-state index in [0.29, 0.717) is 22.8 Å². The largest absolute Gasteiger partial charge is 0.454 e. The minimum atomic E-state index is -0.198. The summed E-state index contributed by atoms with van der Waals surface area (Å²) in [7, 11) is 0. The Morgan fingerprint density at radius 3 is 2.65 bits per heavy atom. The van der Waals surface area contributed by atoms with Crippen molar-refractivity contribution in [2.75, 3.05) is 6.79 Å². The van der Waals surface area contributed by atoms with Crippen molar-refractivity contribution in [3.63, 3.8) is 0 Å². The molecule has 0 bridgehead atoms. The molecule has 130 valence electrons. The Morgan fingerprint density at radius 1 is 1.08 bits per heavy atom. The van der Waals surface area contributed by atoms with Crippen LogP contribution in [0.2, 0.25) is 10.4 Å². The van der Waals surface area contributed by atoms with Crippen molar-refractivity contribution in [2.45, 2.75) is 0 Å². The van der Waals surface area contributed by atoms with Gasteiger partial charge >= 0.3 is 0 Å². The Kier molecular flexibility index (Phi) is 4.41. The quantitative estimate of drug-likeness (QED) is 0.477. The van der Waals surface area contributed by atoms with Crippen LogP contribution < -0.4 is 9.47 Å². The molecule has 1 aliphatic rings. The second-order valence-corrected chi connectivity index (χ2v) is 6.19. The average Bonchev–Trinajstić information content (AvgIpc) is 3.23. The minimum absolute atomic E-state index is 0.160. The van der Waals surface area contributed by atoms with Gasteiger partial charge in [0.2, 0.25) is 12.1 Å². The van der Waals surface area contributed by atoms with Crippen molar-refractivity contribution >= 4 is 35.1 Å². The van der Waals surface area contributed by atoms with Gasteiger partial charge in [-0.1, -0.05) is 29.8 Å². The third kappa shape index (κ3) is 3.07. The number of hydrogen-bond donors (Lipinski definition) is 0. The van der Waals surface area contributed by atoms with Crippen LogP contribution in [-0.4, -0.2) is 22.1 Å². The van der Waals surface area contributed by atoms with E-state index < -0.39 is 0 Å². The number of halogens is 2. The second kappa shape index (κ2) is 6.86. The van der Waals surface area contributed by atoms with Gasteiger partial charge in [0.05, 0.1) is 5.69 Å². The normalized spacial score (nSPS) is 12.7. The van der Waals surface area contributed by atoms with Gasteiger partial charge in [-0.3, -0.25) is 9.36 Å². The van der Waals surface area contributed by atoms with Gasteiger partial charge in [-0.05, 0) is 54.1 Å². The first kappa shape index (κ1) is 16.7. The number of nitrogens with zero attached hydrogens (tertiary/aromatic N) is 2. The third-order valence-corrected chi connectivity index (χ3v) is 4.42. The van der Waals surface area contributed by atoms with Crippen LogP contribution in [0.15, 0.2) is 54.6 Å². The fraction of sp³-hybridized carbons (Fsp3) is 0.0526. The molecule has 0 N–H and O–H groups in total. The van der Waals surface area contributed by atoms with E-state index in [-0.39, 0.29) is 23.0 Å². The van der Waals surface area contributed by atoms with E-state index in [4.69, 9.17) is 32.7 Å². The van der Waals surface area contributed by atoms with E-state index >= 15 is 0 Å². The van der Waals surface area contributed by atoms with Crippen LogP contribution in [0.3, 0.4) is 0 Å². The van der Waals surface area contributed by atoms with E-state index in [2.05, 4.69) is 4.98 Å². The van der Waals surface area contributed by atoms with Crippen LogP contribution in [0.4, 0.5) is 0 Å². The lowest BCUT2D eigenvalue weighted by Crippen LogP contribution is -1.98. The lowest BCUT2D eigenvalue weighted by atomic mass is 10.1. The molecular weight excluding hydrogens is 375 g/mol. The number of allylic oxidation sites excluding steroid dienone is 1. The van der Waals surface area contributed by atoms with Gasteiger partial charge in [0.1, 0.15) is 0 Å². The number of aromatic nitrogens is 2. The van der Waals surface area contributed by atoms with Crippen LogP contribution in [-0.2, 0) is 0 Å². The van der Waals surface area contributed by atoms with Crippen molar-refractivity contribution in [3.05, 3.63) is 76.3 Å². The van der Waals surface area contributed by atoms with Crippen LogP contribution >= 0.6 is 23.2 Å². The standard InChI is InChI=1S/C19H12Cl2N2O3/c20-18-14(23(19(21)22-18)13-4-2-1-3-5-13)7-8-15(24)12-6-9-16-17(10-12)26-11-25-16/h1-10H,11H2/b8-7+. The molecule has 4 rings (SSSR count). The molecule has 26 heavy (non-hydrogen) atoms. The molecule has 0 aliphatic carbocycles. The number of carbonyl (C=O) groups excluding carboxylic acids is 1. The molecule has 1 aromatic heterocycles. The van der Waals surface area contributed by atoms with Gasteiger partial charge in [-0.2, -0.15) is 0 Å². The van der Waals surface area contributed by atoms with Crippen LogP contribution in [0.1, 0.15) is 16.1 Å². The summed E-state index contributed by atoms with van der Waals surface area (Å²) in [5.41, 5.74) is 1.81. The summed E-state index contributed by atoms with van der Waals surface area (Å²) in [5.74, 6) is 0.985. The number of ether oxygens (including phenoxy) is 2. The summed E-state index contributed by atoms with van der Waals surface area (Å²) in [6, 6.07) is 14.5. The zero-order valence-corrected chi connectivity index (χ0v) is 14.9. The Labute approximate surface area is 159 Å². The van der Waals surface area contributed by atoms with Crippen molar-refractivity contribution in [2.24, 2.45) is 0 Å². The molecule has 0 spiro atoms. The second-order valence-electron chi connectivity index (χ2n) is 5.49. The number of carbonyl (C=O) groups is 1. The SMILES string of the molecule is O=C(/C=C/c1c(Cl)nc(Cl)n1-c1ccccc1)c1ccc2c(c1)OCO2. The molecule has 0 fully saturated rings. The van der Waals surface area contributed by atoms with Gasteiger partial charge in [0.25, 0.3) is 0 Å². The van der Waals surface area contributed by atoms with E-state index in [1.54, 1.807) is 28.8 Å². The third-order valence-electron chi connectivity index (χ3n) is 3.89. The highest BCUT2D eigenvalue weighted by Gasteiger charge is 2.17. The van der Waals surface area contributed by atoms with Crippen LogP contribution in [0.5, 0.6) is 11.5 Å². The van der Waals surface area contributed by atoms with Crippen LogP contribution in [0, 0.1) is 0 Å². The van der Waals surface area contributed by atoms with Crippen molar-refractivity contribution in [3.8, 4) is 17.2 Å². The summed E-state index contributed by atoms with van der Waals surface area (Å²) in [6.07, 6.45) is 3.03. The first-order valence-electron chi connectivity index (χ1n) is 7.75. The number of benzene rings is 2. The fourth-order valence-corrected chi connectivity index (χ4v) is 3.19. The molecule has 2 aromatic carbocycles. The fourth-order valence-electron chi connectivity index (χ4n) is 2.65. The van der Waals surface area contributed by atoms with Crippen LogP contribution in [0.25, 0.3) is 11.8 Å². The highest BCUT2D eigenvalue weighted by molar-refractivity contribution is 6.33. The maximum Gasteiger partial charge on any atom is 0.231 e. The topological polar surface area (TPSA) is 53.4 Å². The first-order chi connectivity index (χ1) is 12.6. The first-order valence-corrected chi connectivity index (χ1v) is 8.50. The number of fused-ring (bicyclic) bond motifs is 1. The van der Waals surface area contributed by atoms with Gasteiger partial charge in [0, 0.05) is 11.3 Å². The molecule has 5 nitrogen and oxygen atoms in total. The average molecular weight is 387 g/mol. The van der Waals surface area contributed by atoms with Crippen molar-refractivity contribution in [1.82, 2.24) is 9.55 Å². The maximum absolute atomic E-state index is 12.5. The van der Waals surface area contributed by atoms with Gasteiger partial charge in [0.15, 0.2) is 22.4 Å². The number of imidazole rings is 1. The van der Waals surface area contributed by atoms with E-state index in [0.717, 1.165) is 5.69 Å². The molecule has 0 radical (unpaired) electrons. The zero-order chi connectivity index (χ0) is 18.1. The Hall–Kier alpha value is -2.76. The Bertz CT molecular complexity index is 1010. The predicted octanol–water partition coefficient (Wildman–Crippen LogP) is 4.80. The molecular formula is C19H12Cl2N2O3. The molecule has 0 amide bonds. The summed E-state index contributed by atoms with van der Waals surface area (Å²) < 4.78 is 12.2. The number of ketones is 1. The summed E-state index contributed by atoms with van der Waals surface area (Å²) in [5, 5.41) is 0.435. The molecule has 0 atom stereocenters. The van der Waals surface area contributed by atoms with Gasteiger partial charge in [-0.15, -0.1) is 0 Å². The Balaban J connectivity index is 1.66. The molecule has 2 heterocycles. The highest BCUT2D eigenvalue weighted by Crippen LogP contribution is 2.33. The Morgan fingerprint density at radius 2 is 1.85 bits per heavy atom. The van der Waals surface area contributed by atoms with Crippen molar-refractivity contribution < 1.29 is 14.3 Å². The minimum Gasteiger partial charge on any atom is -0.454 e. The van der Waals surface area contributed by atoms with E-state index in [9.17, 15) is 4.79 Å². The molecule has 0 saturated heterocycles. The van der Waals surface area contributed by atoms with E-state index in [1.807, 2.05) is 30.3 Å². The molecule has 1 aliphatic heterocycles. The number of hydrogen-bond acceptors (Lipinski definition) is 4. The van der Waals surface area contributed by atoms with E-state index in [1.165, 1.54) is 6.08 Å². The summed E-state index contributed by atoms with van der Waals surface area (Å²) in [4.78, 5) is 16.6. The molecule has 0 saturated carbocycles. The highest BCUT2D eigenvalue weighted by atomic mass is 35.5. The number of para-hydroxylation sites is 1. The smallest absolute Gasteiger partial charge is 0.231 e. The lowest BCUT2D eigenvalue weighted by molar-refractivity contribution is 0.104. The zero-order valence-electron chi connectivity index (χ0n) is 13.4. The van der Waals surface area contributed by atoms with Gasteiger partial charge in [-0.25, -0.2) is 4.98 Å². The predicted molar refractivity (Wildman–Crippen MR) is 99.5 cm³/mol. The summed E-state index contributed by atoms with van der Waals surface area (Å²) >= 11 is 12.4. The monoisotopic (exact) mass is 386 g/mol. The molecule has 0 unspecified atom stereocenters. The molecule has 3 aromatic rings. The van der Waals surface area contributed by atoms with Gasteiger partial charge < -0.3 is 9.47 Å². The van der Waals surface area contributed by atoms with Crippen molar-refractivity contribution in [1.29, 1.82) is 0 Å². The molecule has 7 heteroatoms. The maximum atomic E-state index is 12.5.